The van der Waals surface area contributed by atoms with E-state index >= 15 is 0 Å². The van der Waals surface area contributed by atoms with Crippen LogP contribution in [0.3, 0.4) is 0 Å². The molecule has 0 aliphatic carbocycles. The van der Waals surface area contributed by atoms with Crippen molar-refractivity contribution in [2.75, 3.05) is 13.2 Å². The second-order valence-corrected chi connectivity index (χ2v) is 6.13. The van der Waals surface area contributed by atoms with E-state index in [0.29, 0.717) is 6.04 Å². The SMILES string of the molecule is Clc1ccc(-c2cn(C3CCOCC3)c3ccncc23)cc1. The highest BCUT2D eigenvalue weighted by Crippen LogP contribution is 2.34. The molecule has 0 unspecified atom stereocenters. The molecule has 1 saturated heterocycles. The van der Waals surface area contributed by atoms with Crippen molar-refractivity contribution in [3.05, 3.63) is 53.9 Å². The fourth-order valence-electron chi connectivity index (χ4n) is 3.22. The Labute approximate surface area is 134 Å². The molecule has 0 N–H and O–H groups in total. The lowest BCUT2D eigenvalue weighted by molar-refractivity contribution is 0.0707. The third kappa shape index (κ3) is 2.40. The molecule has 22 heavy (non-hydrogen) atoms. The van der Waals surface area contributed by atoms with Crippen molar-refractivity contribution in [3.63, 3.8) is 0 Å². The molecule has 4 heteroatoms. The third-order valence-electron chi connectivity index (χ3n) is 4.37. The molecule has 0 saturated carbocycles. The van der Waals surface area contributed by atoms with Crippen LogP contribution < -0.4 is 0 Å². The number of fused-ring (bicyclic) bond motifs is 1. The van der Waals surface area contributed by atoms with E-state index < -0.39 is 0 Å². The molecule has 112 valence electrons. The number of hydrogen-bond acceptors (Lipinski definition) is 2. The fourth-order valence-corrected chi connectivity index (χ4v) is 3.35. The summed E-state index contributed by atoms with van der Waals surface area (Å²) in [5.41, 5.74) is 3.63. The average Bonchev–Trinajstić information content (AvgIpc) is 2.96. The van der Waals surface area contributed by atoms with Crippen molar-refractivity contribution >= 4 is 22.5 Å². The number of nitrogens with zero attached hydrogens (tertiary/aromatic N) is 2. The van der Waals surface area contributed by atoms with Crippen LogP contribution >= 0.6 is 11.6 Å². The van der Waals surface area contributed by atoms with Gasteiger partial charge in [0.2, 0.25) is 0 Å². The van der Waals surface area contributed by atoms with Crippen LogP contribution in [0.4, 0.5) is 0 Å². The van der Waals surface area contributed by atoms with Crippen LogP contribution in [0.25, 0.3) is 22.0 Å². The highest BCUT2D eigenvalue weighted by Gasteiger charge is 2.19. The molecule has 1 fully saturated rings. The summed E-state index contributed by atoms with van der Waals surface area (Å²) in [7, 11) is 0. The van der Waals surface area contributed by atoms with Gasteiger partial charge in [-0.25, -0.2) is 0 Å². The molecule has 0 radical (unpaired) electrons. The summed E-state index contributed by atoms with van der Waals surface area (Å²) in [5, 5.41) is 1.95. The van der Waals surface area contributed by atoms with Gasteiger partial charge in [-0.1, -0.05) is 23.7 Å². The van der Waals surface area contributed by atoms with E-state index in [0.717, 1.165) is 31.1 Å². The number of halogens is 1. The normalized spacial score (nSPS) is 16.2. The maximum absolute atomic E-state index is 6.01. The molecule has 0 spiro atoms. The van der Waals surface area contributed by atoms with Gasteiger partial charge in [-0.15, -0.1) is 0 Å². The van der Waals surface area contributed by atoms with Crippen molar-refractivity contribution < 1.29 is 4.74 Å². The second-order valence-electron chi connectivity index (χ2n) is 5.69. The van der Waals surface area contributed by atoms with Gasteiger partial charge in [-0.3, -0.25) is 4.98 Å². The molecule has 1 aromatic carbocycles. The van der Waals surface area contributed by atoms with Crippen LogP contribution in [-0.2, 0) is 4.74 Å². The Bertz CT molecular complexity index is 788. The van der Waals surface area contributed by atoms with E-state index in [1.54, 1.807) is 0 Å². The van der Waals surface area contributed by atoms with Crippen molar-refractivity contribution in [1.82, 2.24) is 9.55 Å². The van der Waals surface area contributed by atoms with Gasteiger partial charge in [0.1, 0.15) is 0 Å². The van der Waals surface area contributed by atoms with Crippen molar-refractivity contribution in [3.8, 4) is 11.1 Å². The third-order valence-corrected chi connectivity index (χ3v) is 4.63. The van der Waals surface area contributed by atoms with Crippen LogP contribution in [-0.4, -0.2) is 22.8 Å². The lowest BCUT2D eigenvalue weighted by Gasteiger charge is -2.24. The number of benzene rings is 1. The van der Waals surface area contributed by atoms with Crippen LogP contribution in [0.15, 0.2) is 48.9 Å². The summed E-state index contributed by atoms with van der Waals surface area (Å²) in [5.74, 6) is 0. The summed E-state index contributed by atoms with van der Waals surface area (Å²) in [6, 6.07) is 10.6. The van der Waals surface area contributed by atoms with E-state index in [1.165, 1.54) is 22.0 Å². The smallest absolute Gasteiger partial charge is 0.0520 e. The van der Waals surface area contributed by atoms with Crippen LogP contribution in [0.5, 0.6) is 0 Å². The van der Waals surface area contributed by atoms with Gasteiger partial charge in [0, 0.05) is 53.8 Å². The summed E-state index contributed by atoms with van der Waals surface area (Å²) >= 11 is 6.01. The van der Waals surface area contributed by atoms with Crippen LogP contribution in [0, 0.1) is 0 Å². The number of ether oxygens (including phenoxy) is 1. The first kappa shape index (κ1) is 13.8. The predicted octanol–water partition coefficient (Wildman–Crippen LogP) is 4.71. The van der Waals surface area contributed by atoms with E-state index in [9.17, 15) is 0 Å². The van der Waals surface area contributed by atoms with Crippen molar-refractivity contribution in [2.45, 2.75) is 18.9 Å². The van der Waals surface area contributed by atoms with Crippen LogP contribution in [0.2, 0.25) is 5.02 Å². The number of hydrogen-bond donors (Lipinski definition) is 0. The molecule has 2 aromatic heterocycles. The Morgan fingerprint density at radius 3 is 2.64 bits per heavy atom. The molecule has 1 aliphatic rings. The first-order valence-corrected chi connectivity index (χ1v) is 7.99. The maximum Gasteiger partial charge on any atom is 0.0520 e. The minimum Gasteiger partial charge on any atom is -0.381 e. The molecule has 0 amide bonds. The van der Waals surface area contributed by atoms with E-state index in [1.807, 2.05) is 24.5 Å². The fraction of sp³-hybridized carbons (Fsp3) is 0.278. The Kier molecular flexibility index (Phi) is 3.60. The number of pyridine rings is 1. The Morgan fingerprint density at radius 2 is 1.86 bits per heavy atom. The topological polar surface area (TPSA) is 27.1 Å². The summed E-state index contributed by atoms with van der Waals surface area (Å²) < 4.78 is 7.89. The van der Waals surface area contributed by atoms with Gasteiger partial charge in [-0.2, -0.15) is 0 Å². The van der Waals surface area contributed by atoms with Crippen molar-refractivity contribution in [2.24, 2.45) is 0 Å². The van der Waals surface area contributed by atoms with E-state index in [-0.39, 0.29) is 0 Å². The van der Waals surface area contributed by atoms with E-state index in [2.05, 4.69) is 33.9 Å². The summed E-state index contributed by atoms with van der Waals surface area (Å²) in [4.78, 5) is 4.31. The molecule has 1 aliphatic heterocycles. The van der Waals surface area contributed by atoms with Gasteiger partial charge in [0.25, 0.3) is 0 Å². The summed E-state index contributed by atoms with van der Waals surface area (Å²) in [6.07, 6.45) is 8.20. The summed E-state index contributed by atoms with van der Waals surface area (Å²) in [6.45, 7) is 1.68. The zero-order valence-corrected chi connectivity index (χ0v) is 13.0. The number of rotatable bonds is 2. The molecule has 0 atom stereocenters. The number of aromatic nitrogens is 2. The quantitative estimate of drug-likeness (QED) is 0.685. The highest BCUT2D eigenvalue weighted by molar-refractivity contribution is 6.30. The highest BCUT2D eigenvalue weighted by atomic mass is 35.5. The van der Waals surface area contributed by atoms with Gasteiger partial charge < -0.3 is 9.30 Å². The van der Waals surface area contributed by atoms with Gasteiger partial charge in [0.05, 0.1) is 5.52 Å². The van der Waals surface area contributed by atoms with Gasteiger partial charge in [-0.05, 0) is 36.6 Å². The maximum atomic E-state index is 6.01. The second kappa shape index (κ2) is 5.75. The molecule has 0 bridgehead atoms. The van der Waals surface area contributed by atoms with Crippen molar-refractivity contribution in [1.29, 1.82) is 0 Å². The average molecular weight is 313 g/mol. The molecule has 3 heterocycles. The minimum absolute atomic E-state index is 0.500. The lowest BCUT2D eigenvalue weighted by atomic mass is 10.1. The molecule has 3 aromatic rings. The Balaban J connectivity index is 1.86. The van der Waals surface area contributed by atoms with Gasteiger partial charge in [0.15, 0.2) is 0 Å². The molecular formula is C18H17ClN2O. The van der Waals surface area contributed by atoms with Gasteiger partial charge >= 0.3 is 0 Å². The van der Waals surface area contributed by atoms with Crippen LogP contribution in [0.1, 0.15) is 18.9 Å². The first-order chi connectivity index (χ1) is 10.8. The van der Waals surface area contributed by atoms with E-state index in [4.69, 9.17) is 16.3 Å². The minimum atomic E-state index is 0.500. The molecule has 3 nitrogen and oxygen atoms in total. The monoisotopic (exact) mass is 312 g/mol. The Morgan fingerprint density at radius 1 is 1.09 bits per heavy atom. The first-order valence-electron chi connectivity index (χ1n) is 7.61. The Hall–Kier alpha value is -1.84. The molecule has 4 rings (SSSR count). The molecular weight excluding hydrogens is 296 g/mol. The zero-order chi connectivity index (χ0) is 14.9. The zero-order valence-electron chi connectivity index (χ0n) is 12.2. The largest absolute Gasteiger partial charge is 0.381 e. The predicted molar refractivity (Wildman–Crippen MR) is 89.3 cm³/mol. The standard InChI is InChI=1S/C18H17ClN2O/c19-14-3-1-13(2-4-14)17-12-21(15-6-9-22-10-7-15)18-5-8-20-11-16(17)18/h1-5,8,11-12,15H,6-7,9-10H2. The lowest BCUT2D eigenvalue weighted by Crippen LogP contribution is -2.18.